The fraction of sp³-hybridized carbons (Fsp3) is 0.150. The molecule has 28 heavy (non-hydrogen) atoms. The highest BCUT2D eigenvalue weighted by Crippen LogP contribution is 2.15. The molecule has 1 aromatic carbocycles. The fourth-order valence-corrected chi connectivity index (χ4v) is 2.47. The molecule has 0 spiro atoms. The number of hydrogen-bond donors (Lipinski definition) is 3. The quantitative estimate of drug-likeness (QED) is 0.610. The molecule has 3 N–H and O–H groups in total. The van der Waals surface area contributed by atoms with Crippen LogP contribution in [0.4, 0.5) is 17.3 Å². The van der Waals surface area contributed by atoms with E-state index in [2.05, 4.69) is 30.9 Å². The lowest BCUT2D eigenvalue weighted by Gasteiger charge is -2.09. The van der Waals surface area contributed by atoms with Crippen LogP contribution in [0.15, 0.2) is 54.7 Å². The van der Waals surface area contributed by atoms with Crippen LogP contribution in [0.1, 0.15) is 28.8 Å². The van der Waals surface area contributed by atoms with Gasteiger partial charge in [0, 0.05) is 30.2 Å². The Morgan fingerprint density at radius 2 is 1.68 bits per heavy atom. The highest BCUT2D eigenvalue weighted by molar-refractivity contribution is 6.03. The van der Waals surface area contributed by atoms with E-state index in [1.165, 1.54) is 6.92 Å². The summed E-state index contributed by atoms with van der Waals surface area (Å²) in [6.07, 6.45) is 1.71. The maximum Gasteiger partial charge on any atom is 0.274 e. The van der Waals surface area contributed by atoms with Crippen LogP contribution in [0.25, 0.3) is 0 Å². The topological polar surface area (TPSA) is 109 Å². The highest BCUT2D eigenvalue weighted by atomic mass is 16.2. The number of anilines is 3. The van der Waals surface area contributed by atoms with Crippen LogP contribution >= 0.6 is 0 Å². The van der Waals surface area contributed by atoms with Gasteiger partial charge in [-0.2, -0.15) is 0 Å². The molecular weight excluding hydrogens is 356 g/mol. The van der Waals surface area contributed by atoms with Crippen LogP contribution in [0.5, 0.6) is 0 Å². The number of pyridine rings is 1. The summed E-state index contributed by atoms with van der Waals surface area (Å²) in [5, 5.41) is 8.54. The largest absolute Gasteiger partial charge is 0.349 e. The number of aromatic nitrogens is 3. The van der Waals surface area contributed by atoms with Gasteiger partial charge in [0.25, 0.3) is 5.91 Å². The maximum absolute atomic E-state index is 12.5. The summed E-state index contributed by atoms with van der Waals surface area (Å²) >= 11 is 0. The Balaban J connectivity index is 1.67. The SMILES string of the molecule is CC(=O)Nc1ccc(NC(=O)c2cc(C)nc(NCc3ccccn3)n2)cc1. The van der Waals surface area contributed by atoms with E-state index in [4.69, 9.17) is 0 Å². The van der Waals surface area contributed by atoms with Gasteiger partial charge >= 0.3 is 0 Å². The Labute approximate surface area is 162 Å². The molecule has 8 nitrogen and oxygen atoms in total. The van der Waals surface area contributed by atoms with Crippen molar-refractivity contribution >= 4 is 29.1 Å². The Bertz CT molecular complexity index is 974. The van der Waals surface area contributed by atoms with Gasteiger partial charge in [0.05, 0.1) is 12.2 Å². The van der Waals surface area contributed by atoms with E-state index in [0.717, 1.165) is 5.69 Å². The molecule has 3 aromatic rings. The molecule has 0 radical (unpaired) electrons. The fourth-order valence-electron chi connectivity index (χ4n) is 2.47. The van der Waals surface area contributed by atoms with Gasteiger partial charge in [0.2, 0.25) is 11.9 Å². The maximum atomic E-state index is 12.5. The minimum Gasteiger partial charge on any atom is -0.349 e. The Hall–Kier alpha value is -3.81. The van der Waals surface area contributed by atoms with Crippen LogP contribution < -0.4 is 16.0 Å². The second-order valence-corrected chi connectivity index (χ2v) is 6.11. The number of nitrogens with zero attached hydrogens (tertiary/aromatic N) is 3. The van der Waals surface area contributed by atoms with Crippen LogP contribution in [-0.2, 0) is 11.3 Å². The monoisotopic (exact) mass is 376 g/mol. The van der Waals surface area contributed by atoms with Crippen molar-refractivity contribution in [1.29, 1.82) is 0 Å². The molecule has 2 amide bonds. The van der Waals surface area contributed by atoms with Gasteiger partial charge < -0.3 is 16.0 Å². The minimum atomic E-state index is -0.348. The number of nitrogens with one attached hydrogen (secondary N) is 3. The molecule has 8 heteroatoms. The van der Waals surface area contributed by atoms with Gasteiger partial charge in [-0.1, -0.05) is 6.07 Å². The van der Waals surface area contributed by atoms with E-state index in [9.17, 15) is 9.59 Å². The third-order valence-electron chi connectivity index (χ3n) is 3.70. The van der Waals surface area contributed by atoms with Crippen molar-refractivity contribution in [3.05, 3.63) is 71.8 Å². The predicted octanol–water partition coefficient (Wildman–Crippen LogP) is 3.00. The summed E-state index contributed by atoms with van der Waals surface area (Å²) in [6, 6.07) is 14.1. The molecule has 0 saturated heterocycles. The zero-order chi connectivity index (χ0) is 19.9. The van der Waals surface area contributed by atoms with Gasteiger partial charge in [-0.05, 0) is 49.4 Å². The van der Waals surface area contributed by atoms with Crippen molar-refractivity contribution in [3.8, 4) is 0 Å². The molecule has 2 heterocycles. The molecule has 0 atom stereocenters. The second-order valence-electron chi connectivity index (χ2n) is 6.11. The van der Waals surface area contributed by atoms with Gasteiger partial charge in [0.1, 0.15) is 5.69 Å². The first-order valence-corrected chi connectivity index (χ1v) is 8.68. The molecule has 0 aliphatic heterocycles. The third kappa shape index (κ3) is 5.34. The Kier molecular flexibility index (Phi) is 5.91. The predicted molar refractivity (Wildman–Crippen MR) is 107 cm³/mol. The van der Waals surface area contributed by atoms with Crippen LogP contribution in [0.3, 0.4) is 0 Å². The summed E-state index contributed by atoms with van der Waals surface area (Å²) in [5.74, 6) is -0.144. The van der Waals surface area contributed by atoms with Crippen molar-refractivity contribution in [3.63, 3.8) is 0 Å². The van der Waals surface area contributed by atoms with Gasteiger partial charge in [-0.3, -0.25) is 14.6 Å². The zero-order valence-corrected chi connectivity index (χ0v) is 15.6. The summed E-state index contributed by atoms with van der Waals surface area (Å²) in [4.78, 5) is 36.4. The van der Waals surface area contributed by atoms with Crippen LogP contribution in [-0.4, -0.2) is 26.8 Å². The van der Waals surface area contributed by atoms with Gasteiger partial charge in [0.15, 0.2) is 0 Å². The van der Waals surface area contributed by atoms with E-state index in [-0.39, 0.29) is 17.5 Å². The number of carbonyl (C=O) groups is 2. The minimum absolute atomic E-state index is 0.154. The standard InChI is InChI=1S/C20H20N6O2/c1-13-11-18(26-20(23-13)22-12-17-5-3-4-10-21-17)19(28)25-16-8-6-15(7-9-16)24-14(2)27/h3-11H,12H2,1-2H3,(H,24,27)(H,25,28)(H,22,23,26). The van der Waals surface area contributed by atoms with Crippen molar-refractivity contribution in [1.82, 2.24) is 15.0 Å². The number of carbonyl (C=O) groups excluding carboxylic acids is 2. The molecule has 0 saturated carbocycles. The molecule has 3 rings (SSSR count). The number of amides is 2. The number of rotatable bonds is 6. The average Bonchev–Trinajstić information content (AvgIpc) is 2.68. The molecule has 0 fully saturated rings. The van der Waals surface area contributed by atoms with Crippen LogP contribution in [0.2, 0.25) is 0 Å². The van der Waals surface area contributed by atoms with Gasteiger partial charge in [-0.25, -0.2) is 9.97 Å². The summed E-state index contributed by atoms with van der Waals surface area (Å²) < 4.78 is 0. The van der Waals surface area contributed by atoms with E-state index >= 15 is 0 Å². The third-order valence-corrected chi connectivity index (χ3v) is 3.70. The first kappa shape index (κ1) is 19.0. The molecule has 2 aromatic heterocycles. The molecule has 0 unspecified atom stereocenters. The Morgan fingerprint density at radius 1 is 0.964 bits per heavy atom. The van der Waals surface area contributed by atoms with Crippen molar-refractivity contribution in [2.75, 3.05) is 16.0 Å². The zero-order valence-electron chi connectivity index (χ0n) is 15.6. The van der Waals surface area contributed by atoms with Crippen molar-refractivity contribution in [2.24, 2.45) is 0 Å². The normalized spacial score (nSPS) is 10.2. The molecular formula is C20H20N6O2. The highest BCUT2D eigenvalue weighted by Gasteiger charge is 2.11. The number of benzene rings is 1. The Morgan fingerprint density at radius 3 is 2.32 bits per heavy atom. The summed E-state index contributed by atoms with van der Waals surface area (Å²) in [5.41, 5.74) is 3.02. The lowest BCUT2D eigenvalue weighted by molar-refractivity contribution is -0.114. The van der Waals surface area contributed by atoms with Crippen LogP contribution in [0, 0.1) is 6.92 Å². The summed E-state index contributed by atoms with van der Waals surface area (Å²) in [6.45, 7) is 3.69. The summed E-state index contributed by atoms with van der Waals surface area (Å²) in [7, 11) is 0. The molecule has 0 aliphatic carbocycles. The average molecular weight is 376 g/mol. The molecule has 0 bridgehead atoms. The first-order valence-electron chi connectivity index (χ1n) is 8.68. The molecule has 142 valence electrons. The van der Waals surface area contributed by atoms with E-state index < -0.39 is 0 Å². The van der Waals surface area contributed by atoms with Crippen molar-refractivity contribution in [2.45, 2.75) is 20.4 Å². The second kappa shape index (κ2) is 8.72. The van der Waals surface area contributed by atoms with E-state index in [1.807, 2.05) is 18.2 Å². The lowest BCUT2D eigenvalue weighted by Crippen LogP contribution is -2.16. The smallest absolute Gasteiger partial charge is 0.274 e. The number of hydrogen-bond acceptors (Lipinski definition) is 6. The van der Waals surface area contributed by atoms with Gasteiger partial charge in [-0.15, -0.1) is 0 Å². The van der Waals surface area contributed by atoms with E-state index in [0.29, 0.717) is 29.6 Å². The molecule has 0 aliphatic rings. The van der Waals surface area contributed by atoms with Crippen molar-refractivity contribution < 1.29 is 9.59 Å². The lowest BCUT2D eigenvalue weighted by atomic mass is 10.2. The first-order chi connectivity index (χ1) is 13.5. The van der Waals surface area contributed by atoms with E-state index in [1.54, 1.807) is 43.5 Å². The number of aryl methyl sites for hydroxylation is 1.